The van der Waals surface area contributed by atoms with Crippen molar-refractivity contribution in [3.63, 3.8) is 0 Å². The highest BCUT2D eigenvalue weighted by Gasteiger charge is 2.33. The number of nitrogens with zero attached hydrogens (tertiary/aromatic N) is 1. The van der Waals surface area contributed by atoms with Crippen LogP contribution < -0.4 is 5.32 Å². The largest absolute Gasteiger partial charge is 0.478 e. The zero-order chi connectivity index (χ0) is 16.8. The van der Waals surface area contributed by atoms with Gasteiger partial charge in [0.1, 0.15) is 5.00 Å². The number of carboxylic acid groups (broad SMARTS) is 1. The van der Waals surface area contributed by atoms with Gasteiger partial charge in [0.25, 0.3) is 5.91 Å². The number of hydrogen-bond donors (Lipinski definition) is 3. The lowest BCUT2D eigenvalue weighted by Gasteiger charge is -2.29. The Bertz CT molecular complexity index is 789. The van der Waals surface area contributed by atoms with Crippen molar-refractivity contribution in [3.8, 4) is 0 Å². The molecule has 0 fully saturated rings. The molecule has 0 atom stereocenters. The summed E-state index contributed by atoms with van der Waals surface area (Å²) in [6.45, 7) is 6.04. The minimum absolute atomic E-state index is 0.0840. The van der Waals surface area contributed by atoms with Gasteiger partial charge >= 0.3 is 5.97 Å². The van der Waals surface area contributed by atoms with E-state index in [1.165, 1.54) is 17.5 Å². The van der Waals surface area contributed by atoms with Crippen LogP contribution in [0.5, 0.6) is 0 Å². The Morgan fingerprint density at radius 3 is 2.78 bits per heavy atom. The van der Waals surface area contributed by atoms with Gasteiger partial charge < -0.3 is 10.4 Å². The number of nitrogens with one attached hydrogen (secondary N) is 2. The van der Waals surface area contributed by atoms with Crippen molar-refractivity contribution >= 4 is 28.2 Å². The van der Waals surface area contributed by atoms with Crippen LogP contribution in [0.15, 0.2) is 6.20 Å². The van der Waals surface area contributed by atoms with Crippen LogP contribution >= 0.6 is 11.3 Å². The molecule has 0 aliphatic heterocycles. The SMILES string of the molecule is Cc1[nH]ncc1C(=O)Nc1sc2c(c1C(=O)O)CC(C)(C)CC2. The highest BCUT2D eigenvalue weighted by atomic mass is 32.1. The van der Waals surface area contributed by atoms with Crippen LogP contribution in [-0.2, 0) is 12.8 Å². The van der Waals surface area contributed by atoms with Crippen molar-refractivity contribution < 1.29 is 14.7 Å². The number of fused-ring (bicyclic) bond motifs is 1. The van der Waals surface area contributed by atoms with Crippen LogP contribution in [0.3, 0.4) is 0 Å². The lowest BCUT2D eigenvalue weighted by atomic mass is 9.76. The summed E-state index contributed by atoms with van der Waals surface area (Å²) >= 11 is 1.38. The fourth-order valence-corrected chi connectivity index (χ4v) is 4.19. The van der Waals surface area contributed by atoms with Crippen molar-refractivity contribution in [1.29, 1.82) is 0 Å². The number of carbonyl (C=O) groups excluding carboxylic acids is 1. The number of aryl methyl sites for hydroxylation is 2. The van der Waals surface area contributed by atoms with E-state index in [-0.39, 0.29) is 16.9 Å². The molecule has 1 aliphatic rings. The molecule has 1 aliphatic carbocycles. The smallest absolute Gasteiger partial charge is 0.339 e. The molecule has 1 amide bonds. The standard InChI is InChI=1S/C16H19N3O3S/c1-8-10(7-17-19-8)13(20)18-14-12(15(21)22)9-6-16(2,3)5-4-11(9)23-14/h7H,4-6H2,1-3H3,(H,17,19)(H,18,20)(H,21,22). The molecule has 2 aromatic heterocycles. The first-order valence-corrected chi connectivity index (χ1v) is 8.29. The topological polar surface area (TPSA) is 95.1 Å². The molecule has 0 saturated heterocycles. The third-order valence-corrected chi connectivity index (χ3v) is 5.50. The summed E-state index contributed by atoms with van der Waals surface area (Å²) in [5, 5.41) is 19.3. The number of thiophene rings is 1. The second-order valence-corrected chi connectivity index (χ2v) is 7.82. The van der Waals surface area contributed by atoms with E-state index < -0.39 is 5.97 Å². The summed E-state index contributed by atoms with van der Waals surface area (Å²) in [7, 11) is 0. The summed E-state index contributed by atoms with van der Waals surface area (Å²) in [4.78, 5) is 25.2. The van der Waals surface area contributed by atoms with Gasteiger partial charge in [0.15, 0.2) is 0 Å². The van der Waals surface area contributed by atoms with Crippen LogP contribution in [-0.4, -0.2) is 27.2 Å². The van der Waals surface area contributed by atoms with Gasteiger partial charge in [-0.15, -0.1) is 11.3 Å². The Labute approximate surface area is 137 Å². The number of carboxylic acids is 1. The summed E-state index contributed by atoms with van der Waals surface area (Å²) < 4.78 is 0. The van der Waals surface area contributed by atoms with Gasteiger partial charge in [-0.2, -0.15) is 5.10 Å². The van der Waals surface area contributed by atoms with Crippen molar-refractivity contribution in [3.05, 3.63) is 33.5 Å². The van der Waals surface area contributed by atoms with E-state index in [0.717, 1.165) is 29.7 Å². The molecule has 6 nitrogen and oxygen atoms in total. The fraction of sp³-hybridized carbons (Fsp3) is 0.438. The summed E-state index contributed by atoms with van der Waals surface area (Å²) in [5.41, 5.74) is 2.28. The molecule has 3 N–H and O–H groups in total. The third-order valence-electron chi connectivity index (χ3n) is 4.29. The van der Waals surface area contributed by atoms with Gasteiger partial charge in [-0.25, -0.2) is 4.79 Å². The number of H-pyrrole nitrogens is 1. The van der Waals surface area contributed by atoms with Crippen LogP contribution in [0.25, 0.3) is 0 Å². The molecule has 23 heavy (non-hydrogen) atoms. The lowest BCUT2D eigenvalue weighted by Crippen LogP contribution is -2.22. The molecular formula is C16H19N3O3S. The maximum atomic E-state index is 12.4. The molecule has 0 unspecified atom stereocenters. The van der Waals surface area contributed by atoms with Crippen LogP contribution in [0, 0.1) is 12.3 Å². The molecule has 3 rings (SSSR count). The van der Waals surface area contributed by atoms with E-state index in [4.69, 9.17) is 0 Å². The van der Waals surface area contributed by atoms with Gasteiger partial charge in [0.05, 0.1) is 17.3 Å². The van der Waals surface area contributed by atoms with Crippen molar-refractivity contribution in [2.75, 3.05) is 5.32 Å². The minimum Gasteiger partial charge on any atom is -0.478 e. The number of amides is 1. The van der Waals surface area contributed by atoms with Gasteiger partial charge in [-0.3, -0.25) is 9.89 Å². The van der Waals surface area contributed by atoms with Crippen molar-refractivity contribution in [2.45, 2.75) is 40.0 Å². The maximum absolute atomic E-state index is 12.4. The minimum atomic E-state index is -0.987. The Morgan fingerprint density at radius 2 is 2.17 bits per heavy atom. The number of aromatic carboxylic acids is 1. The van der Waals surface area contributed by atoms with Crippen LogP contribution in [0.4, 0.5) is 5.00 Å². The number of anilines is 1. The second-order valence-electron chi connectivity index (χ2n) is 6.72. The molecule has 0 aromatic carbocycles. The maximum Gasteiger partial charge on any atom is 0.339 e. The normalized spacial score (nSPS) is 16.0. The van der Waals surface area contributed by atoms with Gasteiger partial charge in [-0.05, 0) is 37.2 Å². The average molecular weight is 333 g/mol. The predicted octanol–water partition coefficient (Wildman–Crippen LogP) is 3.25. The summed E-state index contributed by atoms with van der Waals surface area (Å²) in [6.07, 6.45) is 4.05. The Hall–Kier alpha value is -2.15. The molecule has 2 heterocycles. The van der Waals surface area contributed by atoms with E-state index in [0.29, 0.717) is 16.3 Å². The molecule has 122 valence electrons. The highest BCUT2D eigenvalue weighted by molar-refractivity contribution is 7.17. The number of aromatic amines is 1. The van der Waals surface area contributed by atoms with Crippen LogP contribution in [0.2, 0.25) is 0 Å². The number of rotatable bonds is 3. The van der Waals surface area contributed by atoms with Gasteiger partial charge in [0, 0.05) is 10.6 Å². The van der Waals surface area contributed by atoms with E-state index in [1.807, 2.05) is 0 Å². The Morgan fingerprint density at radius 1 is 1.43 bits per heavy atom. The van der Waals surface area contributed by atoms with Gasteiger partial charge in [0.2, 0.25) is 0 Å². The predicted molar refractivity (Wildman–Crippen MR) is 88.4 cm³/mol. The molecule has 7 heteroatoms. The second kappa shape index (κ2) is 5.49. The molecule has 0 bridgehead atoms. The Kier molecular flexibility index (Phi) is 3.75. The Balaban J connectivity index is 1.97. The van der Waals surface area contributed by atoms with E-state index in [2.05, 4.69) is 29.4 Å². The van der Waals surface area contributed by atoms with Crippen LogP contribution in [0.1, 0.15) is 57.1 Å². The highest BCUT2D eigenvalue weighted by Crippen LogP contribution is 2.43. The first-order valence-electron chi connectivity index (χ1n) is 7.47. The molecule has 0 saturated carbocycles. The third kappa shape index (κ3) is 2.88. The monoisotopic (exact) mass is 333 g/mol. The molecule has 0 radical (unpaired) electrons. The van der Waals surface area contributed by atoms with Crippen molar-refractivity contribution in [1.82, 2.24) is 10.2 Å². The molecule has 0 spiro atoms. The van der Waals surface area contributed by atoms with Crippen molar-refractivity contribution in [2.24, 2.45) is 5.41 Å². The van der Waals surface area contributed by atoms with Gasteiger partial charge in [-0.1, -0.05) is 13.8 Å². The fourth-order valence-electron chi connectivity index (χ4n) is 2.98. The number of carbonyl (C=O) groups is 2. The summed E-state index contributed by atoms with van der Waals surface area (Å²) in [5.74, 6) is -1.32. The number of aromatic nitrogens is 2. The average Bonchev–Trinajstić information content (AvgIpc) is 3.00. The molecular weight excluding hydrogens is 314 g/mol. The number of hydrogen-bond acceptors (Lipinski definition) is 4. The first-order chi connectivity index (χ1) is 10.8. The quantitative estimate of drug-likeness (QED) is 0.803. The first kappa shape index (κ1) is 15.7. The molecule has 2 aromatic rings. The van der Waals surface area contributed by atoms with E-state index in [9.17, 15) is 14.7 Å². The van der Waals surface area contributed by atoms with E-state index in [1.54, 1.807) is 6.92 Å². The van der Waals surface area contributed by atoms with E-state index >= 15 is 0 Å². The summed E-state index contributed by atoms with van der Waals surface area (Å²) in [6, 6.07) is 0. The lowest BCUT2D eigenvalue weighted by molar-refractivity contribution is 0.0696. The zero-order valence-corrected chi connectivity index (χ0v) is 14.1. The zero-order valence-electron chi connectivity index (χ0n) is 13.3.